The Bertz CT molecular complexity index is 967. The molecule has 122 valence electrons. The van der Waals surface area contributed by atoms with Gasteiger partial charge in [0, 0.05) is 11.1 Å². The first-order valence-electron chi connectivity index (χ1n) is 7.62. The van der Waals surface area contributed by atoms with E-state index in [-0.39, 0.29) is 12.2 Å². The van der Waals surface area contributed by atoms with Gasteiger partial charge in [-0.15, -0.1) is 0 Å². The minimum absolute atomic E-state index is 0.289. The second kappa shape index (κ2) is 7.28. The molecule has 1 amide bonds. The van der Waals surface area contributed by atoms with Crippen molar-refractivity contribution in [3.8, 4) is 6.07 Å². The van der Waals surface area contributed by atoms with Gasteiger partial charge < -0.3 is 10.1 Å². The summed E-state index contributed by atoms with van der Waals surface area (Å²) in [5.41, 5.74) is 1.40. The number of rotatable bonds is 4. The minimum atomic E-state index is -0.613. The van der Waals surface area contributed by atoms with Gasteiger partial charge in [-0.3, -0.25) is 4.79 Å². The zero-order valence-electron chi connectivity index (χ0n) is 13.2. The van der Waals surface area contributed by atoms with E-state index in [0.29, 0.717) is 11.3 Å². The lowest BCUT2D eigenvalue weighted by atomic mass is 10.1. The first kappa shape index (κ1) is 16.2. The fraction of sp³-hybridized carbons (Fsp3) is 0.0500. The lowest BCUT2D eigenvalue weighted by Crippen LogP contribution is -2.21. The SMILES string of the molecule is N#Cc1ccc(C(=O)OCC(=O)Nc2cccc3ccccc23)cc1. The van der Waals surface area contributed by atoms with Crippen LogP contribution < -0.4 is 5.32 Å². The molecule has 0 heterocycles. The van der Waals surface area contributed by atoms with E-state index in [1.54, 1.807) is 6.07 Å². The Morgan fingerprint density at radius 1 is 0.960 bits per heavy atom. The Labute approximate surface area is 144 Å². The van der Waals surface area contributed by atoms with Gasteiger partial charge in [-0.25, -0.2) is 4.79 Å². The number of hydrogen-bond acceptors (Lipinski definition) is 4. The smallest absolute Gasteiger partial charge is 0.338 e. The number of anilines is 1. The van der Waals surface area contributed by atoms with E-state index in [0.717, 1.165) is 10.8 Å². The van der Waals surface area contributed by atoms with Gasteiger partial charge in [0.2, 0.25) is 0 Å². The Morgan fingerprint density at radius 2 is 1.68 bits per heavy atom. The van der Waals surface area contributed by atoms with Crippen molar-refractivity contribution in [2.45, 2.75) is 0 Å². The van der Waals surface area contributed by atoms with Crippen molar-refractivity contribution in [2.75, 3.05) is 11.9 Å². The van der Waals surface area contributed by atoms with E-state index in [1.807, 2.05) is 42.5 Å². The molecular formula is C20H14N2O3. The zero-order chi connectivity index (χ0) is 17.6. The average molecular weight is 330 g/mol. The van der Waals surface area contributed by atoms with Crippen molar-refractivity contribution in [1.82, 2.24) is 0 Å². The summed E-state index contributed by atoms with van der Waals surface area (Å²) in [6.45, 7) is -0.387. The van der Waals surface area contributed by atoms with E-state index in [4.69, 9.17) is 10.00 Å². The third-order valence-corrected chi connectivity index (χ3v) is 3.65. The second-order valence-electron chi connectivity index (χ2n) is 5.34. The summed E-state index contributed by atoms with van der Waals surface area (Å²) >= 11 is 0. The number of esters is 1. The van der Waals surface area contributed by atoms with Crippen LogP contribution in [0.5, 0.6) is 0 Å². The minimum Gasteiger partial charge on any atom is -0.452 e. The van der Waals surface area contributed by atoms with Gasteiger partial charge in [-0.2, -0.15) is 5.26 Å². The Kier molecular flexibility index (Phi) is 4.72. The quantitative estimate of drug-likeness (QED) is 0.743. The molecule has 0 fully saturated rings. The molecule has 3 rings (SSSR count). The fourth-order valence-electron chi connectivity index (χ4n) is 2.42. The Hall–Kier alpha value is -3.65. The third kappa shape index (κ3) is 3.82. The number of nitrogens with one attached hydrogen (secondary N) is 1. The maximum Gasteiger partial charge on any atom is 0.338 e. The van der Waals surface area contributed by atoms with Crippen LogP contribution in [0.25, 0.3) is 10.8 Å². The van der Waals surface area contributed by atoms with Crippen LogP contribution in [0.1, 0.15) is 15.9 Å². The molecule has 0 radical (unpaired) electrons. The maximum atomic E-state index is 12.1. The Morgan fingerprint density at radius 3 is 2.44 bits per heavy atom. The van der Waals surface area contributed by atoms with Crippen LogP contribution in [0, 0.1) is 11.3 Å². The van der Waals surface area contributed by atoms with E-state index in [1.165, 1.54) is 24.3 Å². The predicted octanol–water partition coefficient (Wildman–Crippen LogP) is 3.51. The molecular weight excluding hydrogens is 316 g/mol. The van der Waals surface area contributed by atoms with Crippen molar-refractivity contribution in [3.63, 3.8) is 0 Å². The molecule has 3 aromatic carbocycles. The van der Waals surface area contributed by atoms with Crippen LogP contribution in [0.15, 0.2) is 66.7 Å². The van der Waals surface area contributed by atoms with Crippen molar-refractivity contribution in [1.29, 1.82) is 5.26 Å². The standard InChI is InChI=1S/C20H14N2O3/c21-12-14-8-10-16(11-9-14)20(24)25-13-19(23)22-18-7-3-5-15-4-1-2-6-17(15)18/h1-11H,13H2,(H,22,23). The van der Waals surface area contributed by atoms with Crippen LogP contribution in [0.3, 0.4) is 0 Å². The highest BCUT2D eigenvalue weighted by Crippen LogP contribution is 2.22. The normalized spacial score (nSPS) is 10.0. The summed E-state index contributed by atoms with van der Waals surface area (Å²) < 4.78 is 5.01. The number of amides is 1. The number of hydrogen-bond donors (Lipinski definition) is 1. The third-order valence-electron chi connectivity index (χ3n) is 3.65. The molecule has 0 aliphatic carbocycles. The number of carbonyl (C=O) groups is 2. The van der Waals surface area contributed by atoms with Crippen molar-refractivity contribution < 1.29 is 14.3 Å². The van der Waals surface area contributed by atoms with E-state index >= 15 is 0 Å². The first-order valence-corrected chi connectivity index (χ1v) is 7.62. The molecule has 0 saturated carbocycles. The molecule has 0 bridgehead atoms. The van der Waals surface area contributed by atoms with Gasteiger partial charge in [-0.1, -0.05) is 36.4 Å². The van der Waals surface area contributed by atoms with E-state index in [2.05, 4.69) is 5.32 Å². The van der Waals surface area contributed by atoms with E-state index < -0.39 is 11.9 Å². The highest BCUT2D eigenvalue weighted by atomic mass is 16.5. The number of carbonyl (C=O) groups excluding carboxylic acids is 2. The molecule has 0 saturated heterocycles. The number of nitrogens with zero attached hydrogens (tertiary/aromatic N) is 1. The monoisotopic (exact) mass is 330 g/mol. The molecule has 3 aromatic rings. The van der Waals surface area contributed by atoms with Crippen molar-refractivity contribution in [2.24, 2.45) is 0 Å². The molecule has 1 N–H and O–H groups in total. The summed E-state index contributed by atoms with van der Waals surface area (Å²) in [6.07, 6.45) is 0. The first-order chi connectivity index (χ1) is 12.2. The van der Waals surface area contributed by atoms with Gasteiger partial charge in [0.15, 0.2) is 6.61 Å². The van der Waals surface area contributed by atoms with Crippen LogP contribution in [0.4, 0.5) is 5.69 Å². The summed E-state index contributed by atoms with van der Waals surface area (Å²) in [4.78, 5) is 24.0. The predicted molar refractivity (Wildman–Crippen MR) is 94.0 cm³/mol. The highest BCUT2D eigenvalue weighted by Gasteiger charge is 2.11. The van der Waals surface area contributed by atoms with Crippen LogP contribution >= 0.6 is 0 Å². The summed E-state index contributed by atoms with van der Waals surface area (Å²) in [6, 6.07) is 21.3. The van der Waals surface area contributed by atoms with Crippen LogP contribution in [-0.4, -0.2) is 18.5 Å². The largest absolute Gasteiger partial charge is 0.452 e. The van der Waals surface area contributed by atoms with Gasteiger partial charge in [-0.05, 0) is 35.7 Å². The maximum absolute atomic E-state index is 12.1. The molecule has 5 heteroatoms. The molecule has 25 heavy (non-hydrogen) atoms. The number of ether oxygens (including phenoxy) is 1. The average Bonchev–Trinajstić information content (AvgIpc) is 2.66. The van der Waals surface area contributed by atoms with Gasteiger partial charge in [0.05, 0.1) is 17.2 Å². The zero-order valence-corrected chi connectivity index (χ0v) is 13.2. The molecule has 5 nitrogen and oxygen atoms in total. The lowest BCUT2D eigenvalue weighted by molar-refractivity contribution is -0.119. The topological polar surface area (TPSA) is 79.2 Å². The number of nitriles is 1. The van der Waals surface area contributed by atoms with Gasteiger partial charge in [0.25, 0.3) is 5.91 Å². The summed E-state index contributed by atoms with van der Waals surface area (Å²) in [5, 5.41) is 13.4. The number of benzene rings is 3. The summed E-state index contributed by atoms with van der Waals surface area (Å²) in [7, 11) is 0. The molecule has 0 aliphatic heterocycles. The second-order valence-corrected chi connectivity index (χ2v) is 5.34. The molecule has 0 spiro atoms. The van der Waals surface area contributed by atoms with Crippen molar-refractivity contribution >= 4 is 28.3 Å². The van der Waals surface area contributed by atoms with Crippen LogP contribution in [0.2, 0.25) is 0 Å². The number of fused-ring (bicyclic) bond motifs is 1. The molecule has 0 aromatic heterocycles. The van der Waals surface area contributed by atoms with Gasteiger partial charge >= 0.3 is 5.97 Å². The molecule has 0 unspecified atom stereocenters. The molecule has 0 aliphatic rings. The Balaban J connectivity index is 1.62. The molecule has 0 atom stereocenters. The fourth-order valence-corrected chi connectivity index (χ4v) is 2.42. The highest BCUT2D eigenvalue weighted by molar-refractivity contribution is 6.03. The summed E-state index contributed by atoms with van der Waals surface area (Å²) in [5.74, 6) is -1.03. The van der Waals surface area contributed by atoms with E-state index in [9.17, 15) is 9.59 Å². The van der Waals surface area contributed by atoms with Crippen LogP contribution in [-0.2, 0) is 9.53 Å². The lowest BCUT2D eigenvalue weighted by Gasteiger charge is -2.09. The van der Waals surface area contributed by atoms with Crippen molar-refractivity contribution in [3.05, 3.63) is 77.9 Å². The van der Waals surface area contributed by atoms with Gasteiger partial charge in [0.1, 0.15) is 0 Å².